The molecule has 4 amide bonds. The third-order valence-corrected chi connectivity index (χ3v) is 5.59. The Bertz CT molecular complexity index is 1010. The van der Waals surface area contributed by atoms with Crippen molar-refractivity contribution >= 4 is 35.8 Å². The number of hydrogen-bond donors (Lipinski definition) is 2. The van der Waals surface area contributed by atoms with Gasteiger partial charge in [-0.1, -0.05) is 6.07 Å². The Labute approximate surface area is 222 Å². The van der Waals surface area contributed by atoms with E-state index in [9.17, 15) is 24.0 Å². The third kappa shape index (κ3) is 8.80. The second-order valence-corrected chi connectivity index (χ2v) is 9.68. The van der Waals surface area contributed by atoms with E-state index in [2.05, 4.69) is 10.6 Å². The molecule has 210 valence electrons. The minimum Gasteiger partial charge on any atom is -0.444 e. The fourth-order valence-corrected chi connectivity index (χ4v) is 3.63. The van der Waals surface area contributed by atoms with Gasteiger partial charge in [-0.2, -0.15) is 0 Å². The highest BCUT2D eigenvalue weighted by molar-refractivity contribution is 6.24. The number of nitrogens with zero attached hydrogens (tertiary/aromatic N) is 2. The highest BCUT2D eigenvalue weighted by Crippen LogP contribution is 2.31. The van der Waals surface area contributed by atoms with Gasteiger partial charge in [0.1, 0.15) is 11.9 Å². The fraction of sp³-hybridized carbons (Fsp3) is 0.577. The molecule has 1 heterocycles. The molecular formula is C26H38N4O8. The van der Waals surface area contributed by atoms with Gasteiger partial charge in [0.25, 0.3) is 11.8 Å². The summed E-state index contributed by atoms with van der Waals surface area (Å²) in [7, 11) is 3.12. The van der Waals surface area contributed by atoms with Crippen molar-refractivity contribution < 1.29 is 38.2 Å². The largest absolute Gasteiger partial charge is 0.444 e. The summed E-state index contributed by atoms with van der Waals surface area (Å²) >= 11 is 0. The maximum atomic E-state index is 13.1. The van der Waals surface area contributed by atoms with Crippen LogP contribution in [0, 0.1) is 0 Å². The Kier molecular flexibility index (Phi) is 11.7. The van der Waals surface area contributed by atoms with Gasteiger partial charge < -0.3 is 34.5 Å². The molecule has 0 saturated heterocycles. The Morgan fingerprint density at radius 1 is 1.08 bits per heavy atom. The first-order valence-corrected chi connectivity index (χ1v) is 12.5. The van der Waals surface area contributed by atoms with Crippen molar-refractivity contribution in [3.8, 4) is 0 Å². The predicted octanol–water partition coefficient (Wildman–Crippen LogP) is 1.69. The number of nitrogens with one attached hydrogen (secondary N) is 2. The molecule has 0 radical (unpaired) electrons. The van der Waals surface area contributed by atoms with E-state index in [-0.39, 0.29) is 29.9 Å². The fourth-order valence-electron chi connectivity index (χ4n) is 3.63. The molecule has 0 aromatic heterocycles. The number of hydrogen-bond acceptors (Lipinski definition) is 9. The van der Waals surface area contributed by atoms with Crippen LogP contribution in [0.25, 0.3) is 0 Å². The SMILES string of the molecule is CNC(=O)CCC(C=O)N1C(=O)c2cccc(NCCOCCOCCN(C)C(=O)OC(C)(C)C)c2C1=O. The lowest BCUT2D eigenvalue weighted by atomic mass is 10.1. The van der Waals surface area contributed by atoms with Crippen molar-refractivity contribution in [2.24, 2.45) is 0 Å². The molecule has 1 aromatic carbocycles. The van der Waals surface area contributed by atoms with E-state index in [1.807, 2.05) is 0 Å². The normalized spacial score (nSPS) is 13.7. The van der Waals surface area contributed by atoms with Crippen LogP contribution in [0.3, 0.4) is 0 Å². The van der Waals surface area contributed by atoms with E-state index in [1.165, 1.54) is 18.0 Å². The summed E-state index contributed by atoms with van der Waals surface area (Å²) in [6, 6.07) is 3.84. The Morgan fingerprint density at radius 3 is 2.39 bits per heavy atom. The van der Waals surface area contributed by atoms with Crippen LogP contribution in [-0.4, -0.2) is 105 Å². The zero-order valence-corrected chi connectivity index (χ0v) is 22.7. The number of fused-ring (bicyclic) bond motifs is 1. The number of anilines is 1. The van der Waals surface area contributed by atoms with Crippen LogP contribution < -0.4 is 10.6 Å². The molecule has 0 saturated carbocycles. The molecule has 0 aliphatic carbocycles. The molecular weight excluding hydrogens is 496 g/mol. The van der Waals surface area contributed by atoms with E-state index in [0.717, 1.165) is 4.90 Å². The summed E-state index contributed by atoms with van der Waals surface area (Å²) < 4.78 is 16.3. The highest BCUT2D eigenvalue weighted by Gasteiger charge is 2.41. The molecule has 0 bridgehead atoms. The van der Waals surface area contributed by atoms with E-state index < -0.39 is 29.6 Å². The van der Waals surface area contributed by atoms with Crippen LogP contribution in [-0.2, 0) is 23.8 Å². The van der Waals surface area contributed by atoms with Crippen molar-refractivity contribution in [1.29, 1.82) is 0 Å². The van der Waals surface area contributed by atoms with Gasteiger partial charge in [-0.05, 0) is 39.3 Å². The van der Waals surface area contributed by atoms with E-state index in [0.29, 0.717) is 51.5 Å². The molecule has 12 nitrogen and oxygen atoms in total. The maximum Gasteiger partial charge on any atom is 0.410 e. The van der Waals surface area contributed by atoms with E-state index >= 15 is 0 Å². The van der Waals surface area contributed by atoms with Gasteiger partial charge in [-0.25, -0.2) is 4.79 Å². The minimum atomic E-state index is -1.03. The van der Waals surface area contributed by atoms with Crippen molar-refractivity contribution in [2.45, 2.75) is 45.3 Å². The lowest BCUT2D eigenvalue weighted by molar-refractivity contribution is -0.121. The van der Waals surface area contributed by atoms with Crippen molar-refractivity contribution in [2.75, 3.05) is 58.9 Å². The first-order chi connectivity index (χ1) is 18.0. The van der Waals surface area contributed by atoms with Gasteiger partial charge in [0.05, 0.1) is 43.6 Å². The molecule has 12 heteroatoms. The Morgan fingerprint density at radius 2 is 1.76 bits per heavy atom. The van der Waals surface area contributed by atoms with Crippen LogP contribution in [0.2, 0.25) is 0 Å². The number of amides is 4. The molecule has 38 heavy (non-hydrogen) atoms. The van der Waals surface area contributed by atoms with E-state index in [4.69, 9.17) is 14.2 Å². The number of carbonyl (C=O) groups is 5. The van der Waals surface area contributed by atoms with Gasteiger partial charge in [-0.15, -0.1) is 0 Å². The second kappa shape index (κ2) is 14.4. The molecule has 0 fully saturated rings. The third-order valence-electron chi connectivity index (χ3n) is 5.59. The smallest absolute Gasteiger partial charge is 0.410 e. The van der Waals surface area contributed by atoms with Crippen LogP contribution in [0.15, 0.2) is 18.2 Å². The van der Waals surface area contributed by atoms with E-state index in [1.54, 1.807) is 40.0 Å². The number of likely N-dealkylation sites (N-methyl/N-ethyl adjacent to an activating group) is 1. The average molecular weight is 535 g/mol. The monoisotopic (exact) mass is 534 g/mol. The summed E-state index contributed by atoms with van der Waals surface area (Å²) in [6.45, 7) is 7.50. The Balaban J connectivity index is 1.75. The van der Waals surface area contributed by atoms with Crippen LogP contribution in [0.1, 0.15) is 54.3 Å². The van der Waals surface area contributed by atoms with Crippen LogP contribution in [0.4, 0.5) is 10.5 Å². The standard InChI is InChI=1S/C26H38N4O8/c1-26(2,3)38-25(35)29(5)12-14-37-16-15-36-13-11-28-20-8-6-7-19-22(20)24(34)30(23(19)33)18(17-31)9-10-21(32)27-4/h6-8,17-18,28H,9-16H2,1-5H3,(H,27,32). The van der Waals surface area contributed by atoms with Crippen molar-refractivity contribution in [3.05, 3.63) is 29.3 Å². The molecule has 1 unspecified atom stereocenters. The first kappa shape index (κ1) is 30.7. The zero-order chi connectivity index (χ0) is 28.3. The van der Waals surface area contributed by atoms with Gasteiger partial charge >= 0.3 is 6.09 Å². The lowest BCUT2D eigenvalue weighted by Gasteiger charge is -2.24. The summed E-state index contributed by atoms with van der Waals surface area (Å²) in [5.41, 5.74) is 0.311. The van der Waals surface area contributed by atoms with Crippen LogP contribution in [0.5, 0.6) is 0 Å². The molecule has 2 N–H and O–H groups in total. The topological polar surface area (TPSA) is 144 Å². The summed E-state index contributed by atoms with van der Waals surface area (Å²) in [5, 5.41) is 5.56. The lowest BCUT2D eigenvalue weighted by Crippen LogP contribution is -2.41. The summed E-state index contributed by atoms with van der Waals surface area (Å²) in [5.74, 6) is -1.42. The Hall–Kier alpha value is -3.51. The molecule has 1 aromatic rings. The number of aldehydes is 1. The summed E-state index contributed by atoms with van der Waals surface area (Å²) in [4.78, 5) is 63.4. The van der Waals surface area contributed by atoms with Crippen molar-refractivity contribution in [3.63, 3.8) is 0 Å². The highest BCUT2D eigenvalue weighted by atomic mass is 16.6. The predicted molar refractivity (Wildman–Crippen MR) is 139 cm³/mol. The van der Waals surface area contributed by atoms with Gasteiger partial charge in [0, 0.05) is 39.3 Å². The number of imide groups is 1. The first-order valence-electron chi connectivity index (χ1n) is 12.5. The minimum absolute atomic E-state index is 0.0138. The molecule has 1 aliphatic rings. The van der Waals surface area contributed by atoms with Gasteiger partial charge in [0.15, 0.2) is 0 Å². The molecule has 2 rings (SSSR count). The van der Waals surface area contributed by atoms with Gasteiger partial charge in [0.2, 0.25) is 5.91 Å². The average Bonchev–Trinajstić information content (AvgIpc) is 3.12. The molecule has 1 atom stereocenters. The number of rotatable bonds is 15. The van der Waals surface area contributed by atoms with Crippen LogP contribution >= 0.6 is 0 Å². The molecule has 1 aliphatic heterocycles. The summed E-state index contributed by atoms with van der Waals surface area (Å²) in [6.07, 6.45) is 0.165. The maximum absolute atomic E-state index is 13.1. The number of carbonyl (C=O) groups excluding carboxylic acids is 5. The zero-order valence-electron chi connectivity index (χ0n) is 22.7. The van der Waals surface area contributed by atoms with Gasteiger partial charge in [-0.3, -0.25) is 19.3 Å². The molecule has 0 spiro atoms. The number of ether oxygens (including phenoxy) is 3. The van der Waals surface area contributed by atoms with Crippen molar-refractivity contribution in [1.82, 2.24) is 15.1 Å². The quantitative estimate of drug-likeness (QED) is 0.195. The second-order valence-electron chi connectivity index (χ2n) is 9.68. The number of benzene rings is 1.